The molecule has 0 atom stereocenters. The molecule has 4 heteroatoms. The number of likely N-dealkylation sites (tertiary alicyclic amines) is 1. The first-order valence-corrected chi connectivity index (χ1v) is 7.56. The van der Waals surface area contributed by atoms with E-state index in [1.165, 1.54) is 6.07 Å². The molecule has 0 spiro atoms. The first-order chi connectivity index (χ1) is 9.93. The van der Waals surface area contributed by atoms with Crippen LogP contribution in [0.1, 0.15) is 56.6 Å². The van der Waals surface area contributed by atoms with Gasteiger partial charge in [-0.3, -0.25) is 4.79 Å². The number of amides is 1. The van der Waals surface area contributed by atoms with E-state index in [0.29, 0.717) is 18.8 Å². The third-order valence-electron chi connectivity index (χ3n) is 4.35. The fraction of sp³-hybridized carbons (Fsp3) is 0.588. The summed E-state index contributed by atoms with van der Waals surface area (Å²) in [6.45, 7) is 7.17. The number of halogens is 1. The van der Waals surface area contributed by atoms with Gasteiger partial charge in [-0.15, -0.1) is 0 Å². The van der Waals surface area contributed by atoms with E-state index in [4.69, 9.17) is 4.74 Å². The lowest BCUT2D eigenvalue weighted by Gasteiger charge is -2.32. The normalized spacial score (nSPS) is 16.4. The molecule has 1 amide bonds. The summed E-state index contributed by atoms with van der Waals surface area (Å²) in [5.41, 5.74) is 1.81. The summed E-state index contributed by atoms with van der Waals surface area (Å²) in [5.74, 6) is 0.997. The van der Waals surface area contributed by atoms with Crippen molar-refractivity contribution >= 4 is 5.91 Å². The highest BCUT2D eigenvalue weighted by molar-refractivity contribution is 5.73. The van der Waals surface area contributed by atoms with E-state index in [1.54, 1.807) is 14.0 Å². The van der Waals surface area contributed by atoms with Gasteiger partial charge >= 0.3 is 0 Å². The first-order valence-electron chi connectivity index (χ1n) is 7.56. The number of piperidine rings is 1. The van der Waals surface area contributed by atoms with Crippen LogP contribution in [0.5, 0.6) is 5.75 Å². The van der Waals surface area contributed by atoms with E-state index in [1.807, 2.05) is 11.0 Å². The van der Waals surface area contributed by atoms with Crippen molar-refractivity contribution < 1.29 is 13.9 Å². The molecule has 0 aliphatic carbocycles. The second kappa shape index (κ2) is 6.46. The van der Waals surface area contributed by atoms with Gasteiger partial charge in [0.15, 0.2) is 0 Å². The molecule has 0 saturated carbocycles. The van der Waals surface area contributed by atoms with Crippen LogP contribution in [0.2, 0.25) is 0 Å². The molecule has 1 aromatic rings. The fourth-order valence-corrected chi connectivity index (χ4v) is 3.04. The van der Waals surface area contributed by atoms with Crippen LogP contribution in [0.25, 0.3) is 0 Å². The van der Waals surface area contributed by atoms with Crippen LogP contribution in [0, 0.1) is 5.82 Å². The lowest BCUT2D eigenvalue weighted by atomic mass is 9.86. The Kier molecular flexibility index (Phi) is 4.86. The highest BCUT2D eigenvalue weighted by Gasteiger charge is 2.25. The van der Waals surface area contributed by atoms with Crippen molar-refractivity contribution in [1.29, 1.82) is 0 Å². The van der Waals surface area contributed by atoms with E-state index in [2.05, 4.69) is 13.8 Å². The van der Waals surface area contributed by atoms with E-state index >= 15 is 0 Å². The molecule has 1 heterocycles. The Morgan fingerprint density at radius 2 is 1.95 bits per heavy atom. The number of benzene rings is 1. The number of carbonyl (C=O) groups excluding carboxylic acids is 1. The summed E-state index contributed by atoms with van der Waals surface area (Å²) in [5, 5.41) is 0. The second-order valence-corrected chi connectivity index (χ2v) is 6.05. The quantitative estimate of drug-likeness (QED) is 0.850. The first kappa shape index (κ1) is 15.8. The summed E-state index contributed by atoms with van der Waals surface area (Å²) in [7, 11) is 1.58. The van der Waals surface area contributed by atoms with Crippen LogP contribution in [0.15, 0.2) is 12.1 Å². The van der Waals surface area contributed by atoms with Crippen LogP contribution >= 0.6 is 0 Å². The van der Waals surface area contributed by atoms with Gasteiger partial charge in [-0.1, -0.05) is 13.8 Å². The number of carbonyl (C=O) groups is 1. The zero-order valence-corrected chi connectivity index (χ0v) is 13.3. The Labute approximate surface area is 126 Å². The maximum absolute atomic E-state index is 14.4. The van der Waals surface area contributed by atoms with Crippen molar-refractivity contribution in [2.75, 3.05) is 20.2 Å². The van der Waals surface area contributed by atoms with Gasteiger partial charge in [0.2, 0.25) is 5.91 Å². The van der Waals surface area contributed by atoms with Gasteiger partial charge in [-0.05, 0) is 41.9 Å². The molecule has 0 N–H and O–H groups in total. The Hall–Kier alpha value is -1.58. The van der Waals surface area contributed by atoms with Crippen molar-refractivity contribution in [3.63, 3.8) is 0 Å². The van der Waals surface area contributed by atoms with Crippen LogP contribution in [-0.2, 0) is 4.79 Å². The summed E-state index contributed by atoms with van der Waals surface area (Å²) >= 11 is 0. The number of methoxy groups -OCH3 is 1. The van der Waals surface area contributed by atoms with Crippen molar-refractivity contribution in [1.82, 2.24) is 4.90 Å². The van der Waals surface area contributed by atoms with Gasteiger partial charge in [0.25, 0.3) is 0 Å². The smallest absolute Gasteiger partial charge is 0.219 e. The predicted molar refractivity (Wildman–Crippen MR) is 81.3 cm³/mol. The van der Waals surface area contributed by atoms with Crippen molar-refractivity contribution in [3.8, 4) is 5.75 Å². The number of hydrogen-bond acceptors (Lipinski definition) is 2. The van der Waals surface area contributed by atoms with Gasteiger partial charge in [0, 0.05) is 26.1 Å². The Morgan fingerprint density at radius 1 is 1.33 bits per heavy atom. The standard InChI is InChI=1S/C17H24FNO2/c1-11(2)14-9-15(16(18)10-17(14)21-4)13-5-7-19(8-6-13)12(3)20/h9-11,13H,5-8H2,1-4H3. The predicted octanol–water partition coefficient (Wildman–Crippen LogP) is 3.68. The van der Waals surface area contributed by atoms with Gasteiger partial charge in [-0.2, -0.15) is 0 Å². The molecular formula is C17H24FNO2. The molecule has 21 heavy (non-hydrogen) atoms. The molecule has 1 aliphatic rings. The fourth-order valence-electron chi connectivity index (χ4n) is 3.04. The summed E-state index contributed by atoms with van der Waals surface area (Å²) in [6.07, 6.45) is 1.64. The lowest BCUT2D eigenvalue weighted by molar-refractivity contribution is -0.129. The van der Waals surface area contributed by atoms with E-state index < -0.39 is 0 Å². The lowest BCUT2D eigenvalue weighted by Crippen LogP contribution is -2.36. The maximum Gasteiger partial charge on any atom is 0.219 e. The minimum atomic E-state index is -0.197. The van der Waals surface area contributed by atoms with E-state index in [-0.39, 0.29) is 23.6 Å². The average molecular weight is 293 g/mol. The summed E-state index contributed by atoms with van der Waals surface area (Å²) in [4.78, 5) is 13.2. The molecular weight excluding hydrogens is 269 g/mol. The minimum absolute atomic E-state index is 0.103. The molecule has 0 unspecified atom stereocenters. The van der Waals surface area contributed by atoms with Gasteiger partial charge in [0.05, 0.1) is 7.11 Å². The Bertz CT molecular complexity index is 520. The molecule has 1 fully saturated rings. The van der Waals surface area contributed by atoms with E-state index in [9.17, 15) is 9.18 Å². The number of ether oxygens (including phenoxy) is 1. The van der Waals surface area contributed by atoms with Crippen molar-refractivity contribution in [2.45, 2.75) is 45.4 Å². The van der Waals surface area contributed by atoms with Crippen LogP contribution in [0.3, 0.4) is 0 Å². The zero-order valence-electron chi connectivity index (χ0n) is 13.3. The molecule has 1 saturated heterocycles. The average Bonchev–Trinajstić information content (AvgIpc) is 2.46. The molecule has 3 nitrogen and oxygen atoms in total. The maximum atomic E-state index is 14.4. The van der Waals surface area contributed by atoms with E-state index in [0.717, 1.165) is 24.0 Å². The zero-order chi connectivity index (χ0) is 15.6. The topological polar surface area (TPSA) is 29.5 Å². The molecule has 0 aromatic heterocycles. The molecule has 1 aliphatic heterocycles. The van der Waals surface area contributed by atoms with Crippen LogP contribution in [-0.4, -0.2) is 31.0 Å². The Morgan fingerprint density at radius 3 is 2.43 bits per heavy atom. The Balaban J connectivity index is 2.24. The monoisotopic (exact) mass is 293 g/mol. The highest BCUT2D eigenvalue weighted by Crippen LogP contribution is 2.36. The van der Waals surface area contributed by atoms with Gasteiger partial charge in [-0.25, -0.2) is 4.39 Å². The number of rotatable bonds is 3. The number of hydrogen-bond donors (Lipinski definition) is 0. The SMILES string of the molecule is COc1cc(F)c(C2CCN(C(C)=O)CC2)cc1C(C)C. The van der Waals surface area contributed by atoms with Crippen LogP contribution in [0.4, 0.5) is 4.39 Å². The second-order valence-electron chi connectivity index (χ2n) is 6.05. The summed E-state index contributed by atoms with van der Waals surface area (Å²) < 4.78 is 19.6. The van der Waals surface area contributed by atoms with Gasteiger partial charge in [0.1, 0.15) is 11.6 Å². The van der Waals surface area contributed by atoms with Gasteiger partial charge < -0.3 is 9.64 Å². The van der Waals surface area contributed by atoms with Crippen LogP contribution < -0.4 is 4.74 Å². The molecule has 116 valence electrons. The third-order valence-corrected chi connectivity index (χ3v) is 4.35. The molecule has 2 rings (SSSR count). The number of nitrogens with zero attached hydrogens (tertiary/aromatic N) is 1. The third kappa shape index (κ3) is 3.36. The molecule has 0 bridgehead atoms. The minimum Gasteiger partial charge on any atom is -0.496 e. The summed E-state index contributed by atoms with van der Waals surface area (Å²) in [6, 6.07) is 3.45. The highest BCUT2D eigenvalue weighted by atomic mass is 19.1. The van der Waals surface area contributed by atoms with Crippen molar-refractivity contribution in [2.24, 2.45) is 0 Å². The molecule has 1 aromatic carbocycles. The largest absolute Gasteiger partial charge is 0.496 e. The van der Waals surface area contributed by atoms with Crippen molar-refractivity contribution in [3.05, 3.63) is 29.1 Å². The molecule has 0 radical (unpaired) electrons.